The minimum absolute atomic E-state index is 0.00649. The van der Waals surface area contributed by atoms with Crippen molar-refractivity contribution in [3.05, 3.63) is 71.8 Å². The van der Waals surface area contributed by atoms with Gasteiger partial charge in [-0.2, -0.15) is 0 Å². The Balaban J connectivity index is 1.61. The van der Waals surface area contributed by atoms with Gasteiger partial charge < -0.3 is 19.7 Å². The van der Waals surface area contributed by atoms with Crippen molar-refractivity contribution >= 4 is 33.0 Å². The molecule has 1 amide bonds. The molecule has 38 heavy (non-hydrogen) atoms. The third kappa shape index (κ3) is 6.22. The second-order valence-electron chi connectivity index (χ2n) is 9.52. The lowest BCUT2D eigenvalue weighted by Crippen LogP contribution is -2.38. The third-order valence-electron chi connectivity index (χ3n) is 6.60. The van der Waals surface area contributed by atoms with Gasteiger partial charge in [0.05, 0.1) is 24.8 Å². The molecule has 3 aromatic rings. The predicted octanol–water partition coefficient (Wildman–Crippen LogP) is 5.14. The maximum Gasteiger partial charge on any atom is 0.264 e. The molecule has 202 valence electrons. The van der Waals surface area contributed by atoms with E-state index in [-0.39, 0.29) is 10.6 Å². The summed E-state index contributed by atoms with van der Waals surface area (Å²) in [5, 5.41) is 2.86. The van der Waals surface area contributed by atoms with Gasteiger partial charge in [0, 0.05) is 30.5 Å². The number of benzene rings is 3. The van der Waals surface area contributed by atoms with Gasteiger partial charge in [-0.3, -0.25) is 9.10 Å². The van der Waals surface area contributed by atoms with Crippen molar-refractivity contribution < 1.29 is 22.7 Å². The van der Waals surface area contributed by atoms with Crippen LogP contribution >= 0.6 is 0 Å². The highest BCUT2D eigenvalue weighted by atomic mass is 32.2. The van der Waals surface area contributed by atoms with Gasteiger partial charge in [0.25, 0.3) is 10.0 Å². The van der Waals surface area contributed by atoms with Crippen molar-refractivity contribution in [2.24, 2.45) is 0 Å². The average Bonchev–Trinajstić information content (AvgIpc) is 2.91. The largest absolute Gasteiger partial charge is 0.493 e. The Morgan fingerprint density at radius 3 is 2.11 bits per heavy atom. The maximum absolute atomic E-state index is 13.9. The summed E-state index contributed by atoms with van der Waals surface area (Å²) in [5.74, 6) is 0.251. The number of methoxy groups -OCH3 is 2. The van der Waals surface area contributed by atoms with Crippen molar-refractivity contribution in [3.8, 4) is 11.5 Å². The summed E-state index contributed by atoms with van der Waals surface area (Å²) in [6, 6.07) is 17.5. The fourth-order valence-electron chi connectivity index (χ4n) is 4.75. The topological polar surface area (TPSA) is 88.2 Å². The van der Waals surface area contributed by atoms with E-state index in [2.05, 4.69) is 10.2 Å². The average molecular weight is 538 g/mol. The number of rotatable bonds is 9. The predicted molar refractivity (Wildman–Crippen MR) is 151 cm³/mol. The first-order valence-corrected chi connectivity index (χ1v) is 14.1. The van der Waals surface area contributed by atoms with Crippen LogP contribution in [0.4, 0.5) is 17.1 Å². The van der Waals surface area contributed by atoms with Crippen molar-refractivity contribution in [1.82, 2.24) is 0 Å². The fourth-order valence-corrected chi connectivity index (χ4v) is 6.17. The number of ether oxygens (including phenoxy) is 2. The lowest BCUT2D eigenvalue weighted by atomic mass is 10.1. The molecule has 1 saturated heterocycles. The van der Waals surface area contributed by atoms with Crippen LogP contribution in [0.25, 0.3) is 0 Å². The summed E-state index contributed by atoms with van der Waals surface area (Å²) in [7, 11) is -1.20. The molecule has 0 atom stereocenters. The van der Waals surface area contributed by atoms with Gasteiger partial charge >= 0.3 is 0 Å². The summed E-state index contributed by atoms with van der Waals surface area (Å²) in [4.78, 5) is 15.5. The first-order chi connectivity index (χ1) is 18.2. The maximum atomic E-state index is 13.9. The molecular formula is C29H35N3O5S. The Bertz CT molecular complexity index is 1360. The molecule has 0 aliphatic carbocycles. The summed E-state index contributed by atoms with van der Waals surface area (Å²) in [6.45, 7) is 5.45. The van der Waals surface area contributed by atoms with Gasteiger partial charge in [-0.25, -0.2) is 8.42 Å². The number of hydrogen-bond donors (Lipinski definition) is 1. The van der Waals surface area contributed by atoms with E-state index in [9.17, 15) is 13.2 Å². The van der Waals surface area contributed by atoms with Crippen LogP contribution in [0.15, 0.2) is 65.6 Å². The van der Waals surface area contributed by atoms with Crippen LogP contribution in [-0.2, 0) is 14.8 Å². The van der Waals surface area contributed by atoms with Gasteiger partial charge in [0.1, 0.15) is 6.54 Å². The zero-order valence-electron chi connectivity index (χ0n) is 22.4. The van der Waals surface area contributed by atoms with Gasteiger partial charge in [-0.1, -0.05) is 6.07 Å². The van der Waals surface area contributed by atoms with Crippen molar-refractivity contribution in [2.45, 2.75) is 38.0 Å². The number of nitrogens with one attached hydrogen (secondary N) is 1. The zero-order chi connectivity index (χ0) is 27.3. The second kappa shape index (κ2) is 11.8. The van der Waals surface area contributed by atoms with Crippen LogP contribution in [0.2, 0.25) is 0 Å². The van der Waals surface area contributed by atoms with Crippen LogP contribution in [-0.4, -0.2) is 48.2 Å². The SMILES string of the molecule is COc1ccc(S(=O)(=O)N(CC(=O)Nc2ccc(N3CCCCC3)cc2)c2cc(C)cc(C)c2)cc1OC. The molecule has 1 aliphatic heterocycles. The molecule has 3 aromatic carbocycles. The number of nitrogens with zero attached hydrogens (tertiary/aromatic N) is 2. The Kier molecular flexibility index (Phi) is 8.46. The standard InChI is InChI=1S/C29H35N3O5S/c1-21-16-22(2)18-25(17-21)32(38(34,35)26-12-13-27(36-3)28(19-26)37-4)20-29(33)30-23-8-10-24(11-9-23)31-14-6-5-7-15-31/h8-13,16-19H,5-7,14-15,20H2,1-4H3,(H,30,33). The molecule has 1 fully saturated rings. The fraction of sp³-hybridized carbons (Fsp3) is 0.345. The molecule has 1 heterocycles. The molecule has 0 bridgehead atoms. The molecule has 4 rings (SSSR count). The van der Waals surface area contributed by atoms with E-state index in [0.717, 1.165) is 34.2 Å². The Labute approximate surface area is 225 Å². The lowest BCUT2D eigenvalue weighted by molar-refractivity contribution is -0.114. The van der Waals surface area contributed by atoms with Crippen LogP contribution in [0.5, 0.6) is 11.5 Å². The molecule has 1 aliphatic rings. The van der Waals surface area contributed by atoms with Crippen molar-refractivity contribution in [2.75, 3.05) is 48.4 Å². The van der Waals surface area contributed by atoms with E-state index in [4.69, 9.17) is 9.47 Å². The number of anilines is 3. The quantitative estimate of drug-likeness (QED) is 0.406. The smallest absolute Gasteiger partial charge is 0.264 e. The summed E-state index contributed by atoms with van der Waals surface area (Å²) in [5.41, 5.74) is 3.92. The van der Waals surface area contributed by atoms with E-state index in [0.29, 0.717) is 17.1 Å². The molecule has 0 unspecified atom stereocenters. The highest BCUT2D eigenvalue weighted by molar-refractivity contribution is 7.92. The molecule has 9 heteroatoms. The second-order valence-corrected chi connectivity index (χ2v) is 11.4. The van der Waals surface area contributed by atoms with Crippen LogP contribution in [0, 0.1) is 13.8 Å². The summed E-state index contributed by atoms with van der Waals surface area (Å²) in [6.07, 6.45) is 3.62. The Hall–Kier alpha value is -3.72. The number of sulfonamides is 1. The van der Waals surface area contributed by atoms with E-state index in [1.165, 1.54) is 51.7 Å². The van der Waals surface area contributed by atoms with Gasteiger partial charge in [-0.05, 0) is 92.8 Å². The Morgan fingerprint density at radius 2 is 1.50 bits per heavy atom. The van der Waals surface area contributed by atoms with Crippen LogP contribution in [0.3, 0.4) is 0 Å². The zero-order valence-corrected chi connectivity index (χ0v) is 23.2. The monoisotopic (exact) mass is 537 g/mol. The number of piperidine rings is 1. The van der Waals surface area contributed by atoms with Gasteiger partial charge in [0.15, 0.2) is 11.5 Å². The van der Waals surface area contributed by atoms with E-state index >= 15 is 0 Å². The third-order valence-corrected chi connectivity index (χ3v) is 8.37. The first-order valence-electron chi connectivity index (χ1n) is 12.7. The van der Waals surface area contributed by atoms with Crippen LogP contribution in [0.1, 0.15) is 30.4 Å². The molecule has 0 aromatic heterocycles. The first kappa shape index (κ1) is 27.3. The van der Waals surface area contributed by atoms with Crippen molar-refractivity contribution in [3.63, 3.8) is 0 Å². The molecule has 1 N–H and O–H groups in total. The number of amides is 1. The van der Waals surface area contributed by atoms with E-state index < -0.39 is 22.5 Å². The number of hydrogen-bond acceptors (Lipinski definition) is 6. The molecule has 8 nitrogen and oxygen atoms in total. The minimum atomic E-state index is -4.12. The van der Waals surface area contributed by atoms with E-state index in [1.54, 1.807) is 12.1 Å². The number of aryl methyl sites for hydroxylation is 2. The number of carbonyl (C=O) groups excluding carboxylic acids is 1. The normalized spacial score (nSPS) is 13.6. The molecule has 0 radical (unpaired) electrons. The lowest BCUT2D eigenvalue weighted by Gasteiger charge is -2.29. The highest BCUT2D eigenvalue weighted by Crippen LogP contribution is 2.33. The number of carbonyl (C=O) groups is 1. The van der Waals surface area contributed by atoms with Crippen molar-refractivity contribution in [1.29, 1.82) is 0 Å². The summed E-state index contributed by atoms with van der Waals surface area (Å²) >= 11 is 0. The van der Waals surface area contributed by atoms with E-state index in [1.807, 2.05) is 44.2 Å². The Morgan fingerprint density at radius 1 is 0.868 bits per heavy atom. The molecule has 0 spiro atoms. The molecule has 0 saturated carbocycles. The van der Waals surface area contributed by atoms with Gasteiger partial charge in [0.2, 0.25) is 5.91 Å². The van der Waals surface area contributed by atoms with Crippen LogP contribution < -0.4 is 24.0 Å². The highest BCUT2D eigenvalue weighted by Gasteiger charge is 2.29. The van der Waals surface area contributed by atoms with Gasteiger partial charge in [-0.15, -0.1) is 0 Å². The minimum Gasteiger partial charge on any atom is -0.493 e. The summed E-state index contributed by atoms with van der Waals surface area (Å²) < 4.78 is 39.5. The molecular weight excluding hydrogens is 502 g/mol.